The largest absolute Gasteiger partial charge is 0.307 e. The van der Waals surface area contributed by atoms with Gasteiger partial charge >= 0.3 is 0 Å². The summed E-state index contributed by atoms with van der Waals surface area (Å²) in [4.78, 5) is 4.48. The molecule has 0 aliphatic rings. The van der Waals surface area contributed by atoms with Crippen LogP contribution in [0, 0.1) is 0 Å². The van der Waals surface area contributed by atoms with E-state index in [1.165, 1.54) is 0 Å². The zero-order valence-corrected chi connectivity index (χ0v) is 13.9. The van der Waals surface area contributed by atoms with E-state index in [9.17, 15) is 0 Å². The fraction of sp³-hybridized carbons (Fsp3) is 0.417. The molecule has 5 nitrogen and oxygen atoms in total. The van der Waals surface area contributed by atoms with Crippen LogP contribution in [0.3, 0.4) is 0 Å². The van der Waals surface area contributed by atoms with E-state index < -0.39 is 0 Å². The third-order valence-electron chi connectivity index (χ3n) is 2.78. The first-order chi connectivity index (χ1) is 9.17. The smallest absolute Gasteiger partial charge is 0.0947 e. The van der Waals surface area contributed by atoms with E-state index in [0.717, 1.165) is 33.3 Å². The summed E-state index contributed by atoms with van der Waals surface area (Å²) >= 11 is 6.97. The Morgan fingerprint density at radius 3 is 2.79 bits per heavy atom. The van der Waals surface area contributed by atoms with Crippen LogP contribution in [0.15, 0.2) is 27.4 Å². The standard InChI is InChI=1S/C12H15Br2N5/c1-3-4-19-10(7-17-18-19)12(15-2)11-9(14)5-8(13)6-16-11/h5-7,12,15H,3-4H2,1-2H3. The van der Waals surface area contributed by atoms with Crippen molar-refractivity contribution in [3.05, 3.63) is 38.8 Å². The lowest BCUT2D eigenvalue weighted by Crippen LogP contribution is -2.23. The molecule has 0 saturated heterocycles. The maximum absolute atomic E-state index is 4.48. The van der Waals surface area contributed by atoms with Gasteiger partial charge in [0, 0.05) is 21.7 Å². The van der Waals surface area contributed by atoms with Crippen LogP contribution in [0.25, 0.3) is 0 Å². The van der Waals surface area contributed by atoms with Crippen molar-refractivity contribution in [3.63, 3.8) is 0 Å². The van der Waals surface area contributed by atoms with Crippen LogP contribution in [0.4, 0.5) is 0 Å². The highest BCUT2D eigenvalue weighted by molar-refractivity contribution is 9.11. The van der Waals surface area contributed by atoms with E-state index >= 15 is 0 Å². The second-order valence-electron chi connectivity index (χ2n) is 4.12. The molecule has 2 heterocycles. The maximum Gasteiger partial charge on any atom is 0.0947 e. The average Bonchev–Trinajstić information content (AvgIpc) is 2.82. The lowest BCUT2D eigenvalue weighted by atomic mass is 10.1. The van der Waals surface area contributed by atoms with E-state index in [-0.39, 0.29) is 6.04 Å². The first kappa shape index (κ1) is 14.6. The second kappa shape index (κ2) is 6.58. The van der Waals surface area contributed by atoms with Crippen molar-refractivity contribution in [3.8, 4) is 0 Å². The Morgan fingerprint density at radius 2 is 2.16 bits per heavy atom. The molecular weight excluding hydrogens is 374 g/mol. The molecule has 2 aromatic rings. The molecule has 0 aliphatic heterocycles. The molecule has 0 bridgehead atoms. The van der Waals surface area contributed by atoms with Crippen molar-refractivity contribution < 1.29 is 0 Å². The monoisotopic (exact) mass is 387 g/mol. The number of aryl methyl sites for hydroxylation is 1. The number of nitrogens with one attached hydrogen (secondary N) is 1. The molecule has 0 fully saturated rings. The Hall–Kier alpha value is -0.790. The van der Waals surface area contributed by atoms with Crippen molar-refractivity contribution in [2.24, 2.45) is 0 Å². The maximum atomic E-state index is 4.48. The fourth-order valence-corrected chi connectivity index (χ4v) is 3.15. The van der Waals surface area contributed by atoms with Gasteiger partial charge in [0.15, 0.2) is 0 Å². The molecule has 0 aliphatic carbocycles. The molecule has 0 spiro atoms. The number of pyridine rings is 1. The number of halogens is 2. The van der Waals surface area contributed by atoms with Crippen molar-refractivity contribution in [2.75, 3.05) is 7.05 Å². The first-order valence-electron chi connectivity index (χ1n) is 6.04. The summed E-state index contributed by atoms with van der Waals surface area (Å²) in [6.45, 7) is 2.97. The normalized spacial score (nSPS) is 12.6. The van der Waals surface area contributed by atoms with Gasteiger partial charge in [-0.1, -0.05) is 12.1 Å². The van der Waals surface area contributed by atoms with Gasteiger partial charge in [0.1, 0.15) is 0 Å². The summed E-state index contributed by atoms with van der Waals surface area (Å²) in [5.41, 5.74) is 1.94. The average molecular weight is 389 g/mol. The van der Waals surface area contributed by atoms with E-state index in [4.69, 9.17) is 0 Å². The molecule has 0 aromatic carbocycles. The summed E-state index contributed by atoms with van der Waals surface area (Å²) < 4.78 is 3.81. The van der Waals surface area contributed by atoms with Crippen molar-refractivity contribution in [1.82, 2.24) is 25.3 Å². The number of aromatic nitrogens is 4. The predicted molar refractivity (Wildman–Crippen MR) is 80.9 cm³/mol. The van der Waals surface area contributed by atoms with Crippen LogP contribution in [0.2, 0.25) is 0 Å². The minimum atomic E-state index is -0.0379. The predicted octanol–water partition coefficient (Wildman–Crippen LogP) is 2.92. The van der Waals surface area contributed by atoms with Crippen LogP contribution in [-0.4, -0.2) is 27.0 Å². The Kier molecular flexibility index (Phi) is 5.06. The SMILES string of the molecule is CCCn1nncc1C(NC)c1ncc(Br)cc1Br. The van der Waals surface area contributed by atoms with E-state index in [2.05, 4.69) is 59.4 Å². The number of hydrogen-bond donors (Lipinski definition) is 1. The van der Waals surface area contributed by atoms with Crippen LogP contribution in [0.5, 0.6) is 0 Å². The first-order valence-corrected chi connectivity index (χ1v) is 7.62. The van der Waals surface area contributed by atoms with Gasteiger partial charge in [-0.25, -0.2) is 4.68 Å². The summed E-state index contributed by atoms with van der Waals surface area (Å²) in [5.74, 6) is 0. The van der Waals surface area contributed by atoms with E-state index in [0.29, 0.717) is 0 Å². The molecule has 2 rings (SSSR count). The molecule has 2 aromatic heterocycles. The van der Waals surface area contributed by atoms with Crippen LogP contribution in [0.1, 0.15) is 30.8 Å². The van der Waals surface area contributed by atoms with Crippen molar-refractivity contribution in [1.29, 1.82) is 0 Å². The quantitative estimate of drug-likeness (QED) is 0.855. The summed E-state index contributed by atoms with van der Waals surface area (Å²) in [6, 6.07) is 1.95. The van der Waals surface area contributed by atoms with Gasteiger partial charge in [-0.15, -0.1) is 5.10 Å². The molecule has 102 valence electrons. The van der Waals surface area contributed by atoms with Gasteiger partial charge in [-0.3, -0.25) is 4.98 Å². The van der Waals surface area contributed by atoms with Crippen molar-refractivity contribution in [2.45, 2.75) is 25.9 Å². The van der Waals surface area contributed by atoms with Gasteiger partial charge in [-0.2, -0.15) is 0 Å². The van der Waals surface area contributed by atoms with E-state index in [1.807, 2.05) is 17.8 Å². The van der Waals surface area contributed by atoms with Gasteiger partial charge < -0.3 is 5.32 Å². The van der Waals surface area contributed by atoms with Crippen molar-refractivity contribution >= 4 is 31.9 Å². The number of rotatable bonds is 5. The summed E-state index contributed by atoms with van der Waals surface area (Å²) in [6.07, 6.45) is 4.59. The van der Waals surface area contributed by atoms with Gasteiger partial charge in [-0.05, 0) is 51.4 Å². The number of nitrogens with zero attached hydrogens (tertiary/aromatic N) is 4. The molecule has 0 saturated carbocycles. The molecular formula is C12H15Br2N5. The number of hydrogen-bond acceptors (Lipinski definition) is 4. The molecule has 1 unspecified atom stereocenters. The molecule has 0 amide bonds. The lowest BCUT2D eigenvalue weighted by Gasteiger charge is -2.18. The molecule has 7 heteroatoms. The summed E-state index contributed by atoms with van der Waals surface area (Å²) in [5, 5.41) is 11.4. The zero-order chi connectivity index (χ0) is 13.8. The minimum absolute atomic E-state index is 0.0379. The highest BCUT2D eigenvalue weighted by Crippen LogP contribution is 2.28. The second-order valence-corrected chi connectivity index (χ2v) is 5.89. The summed E-state index contributed by atoms with van der Waals surface area (Å²) in [7, 11) is 1.91. The van der Waals surface area contributed by atoms with Crippen LogP contribution >= 0.6 is 31.9 Å². The Labute approximate surface area is 129 Å². The Bertz CT molecular complexity index is 555. The fourth-order valence-electron chi connectivity index (χ4n) is 1.94. The molecule has 0 radical (unpaired) electrons. The molecule has 1 atom stereocenters. The topological polar surface area (TPSA) is 55.6 Å². The van der Waals surface area contributed by atoms with Gasteiger partial charge in [0.2, 0.25) is 0 Å². The lowest BCUT2D eigenvalue weighted by molar-refractivity contribution is 0.518. The van der Waals surface area contributed by atoms with E-state index in [1.54, 1.807) is 12.4 Å². The highest BCUT2D eigenvalue weighted by atomic mass is 79.9. The van der Waals surface area contributed by atoms with Gasteiger partial charge in [0.05, 0.1) is 23.6 Å². The Balaban J connectivity index is 2.41. The highest BCUT2D eigenvalue weighted by Gasteiger charge is 2.21. The third-order valence-corrected chi connectivity index (χ3v) is 3.85. The minimum Gasteiger partial charge on any atom is -0.307 e. The zero-order valence-electron chi connectivity index (χ0n) is 10.8. The molecule has 19 heavy (non-hydrogen) atoms. The molecule has 1 N–H and O–H groups in total. The van der Waals surface area contributed by atoms with Crippen LogP contribution in [-0.2, 0) is 6.54 Å². The third kappa shape index (κ3) is 3.21. The van der Waals surface area contributed by atoms with Crippen LogP contribution < -0.4 is 5.32 Å². The Morgan fingerprint density at radius 1 is 1.37 bits per heavy atom. The van der Waals surface area contributed by atoms with Gasteiger partial charge in [0.25, 0.3) is 0 Å².